The summed E-state index contributed by atoms with van der Waals surface area (Å²) in [7, 11) is 0. The number of alkyl halides is 1. The third kappa shape index (κ3) is 9.46. The summed E-state index contributed by atoms with van der Waals surface area (Å²) in [6.07, 6.45) is 0.925. The van der Waals surface area contributed by atoms with Gasteiger partial charge in [-0.3, -0.25) is 5.73 Å². The highest BCUT2D eigenvalue weighted by molar-refractivity contribution is 6.15. The maximum atomic E-state index is 10.6. The highest BCUT2D eigenvalue weighted by Crippen LogP contribution is 1.92. The van der Waals surface area contributed by atoms with Crippen LogP contribution in [0.3, 0.4) is 0 Å². The summed E-state index contributed by atoms with van der Waals surface area (Å²) in [5, 5.41) is 0. The van der Waals surface area contributed by atoms with Crippen molar-refractivity contribution in [2.75, 3.05) is 6.38 Å². The van der Waals surface area contributed by atoms with Gasteiger partial charge in [0.15, 0.2) is 0 Å². The Bertz CT molecular complexity index is 134. The van der Waals surface area contributed by atoms with Gasteiger partial charge in [0.1, 0.15) is 6.23 Å². The van der Waals surface area contributed by atoms with Crippen molar-refractivity contribution in [3.8, 4) is 0 Å². The van der Waals surface area contributed by atoms with E-state index in [1.54, 1.807) is 13.8 Å². The van der Waals surface area contributed by atoms with Crippen LogP contribution in [0.4, 0.5) is 0 Å². The zero-order valence-electron chi connectivity index (χ0n) is 7.06. The predicted molar refractivity (Wildman–Crippen MR) is 46.3 cm³/mol. The maximum Gasteiger partial charge on any atom is 0.334 e. The van der Waals surface area contributed by atoms with E-state index in [-0.39, 0.29) is 0 Å². The van der Waals surface area contributed by atoms with Crippen LogP contribution < -0.4 is 5.73 Å². The molecule has 0 fully saturated rings. The van der Waals surface area contributed by atoms with Gasteiger partial charge >= 0.3 is 5.97 Å². The molecule has 0 aliphatic heterocycles. The average Bonchev–Trinajstić information content (AvgIpc) is 1.90. The molecule has 0 saturated carbocycles. The molecule has 0 aliphatic carbocycles. The number of carbonyl (C=O) groups excluding carboxylic acids is 1. The topological polar surface area (TPSA) is 52.3 Å². The Morgan fingerprint density at radius 3 is 2.09 bits per heavy atom. The summed E-state index contributed by atoms with van der Waals surface area (Å²) in [6.45, 7) is 6.54. The van der Waals surface area contributed by atoms with Crippen molar-refractivity contribution in [1.29, 1.82) is 0 Å². The predicted octanol–water partition coefficient (Wildman–Crippen LogP) is 1.27. The molecule has 66 valence electrons. The second-order valence-electron chi connectivity index (χ2n) is 1.89. The first kappa shape index (κ1) is 13.1. The van der Waals surface area contributed by atoms with Crippen LogP contribution in [0.2, 0.25) is 0 Å². The van der Waals surface area contributed by atoms with Crippen LogP contribution in [0, 0.1) is 0 Å². The summed E-state index contributed by atoms with van der Waals surface area (Å²) < 4.78 is 4.55. The van der Waals surface area contributed by atoms with E-state index >= 15 is 0 Å². The van der Waals surface area contributed by atoms with E-state index in [4.69, 9.17) is 5.73 Å². The van der Waals surface area contributed by atoms with Crippen molar-refractivity contribution in [2.45, 2.75) is 20.1 Å². The first-order chi connectivity index (χ1) is 5.04. The fourth-order valence-electron chi connectivity index (χ4n) is 0.269. The second kappa shape index (κ2) is 7.57. The minimum absolute atomic E-state index is 0.368. The van der Waals surface area contributed by atoms with E-state index in [9.17, 15) is 4.79 Å². The Labute approximate surface area is 72.2 Å². The highest BCUT2D eigenvalue weighted by atomic mass is 35.5. The lowest BCUT2D eigenvalue weighted by molar-refractivity contribution is -0.143. The van der Waals surface area contributed by atoms with Crippen molar-refractivity contribution >= 4 is 17.6 Å². The zero-order chi connectivity index (χ0) is 9.44. The lowest BCUT2D eigenvalue weighted by Gasteiger charge is -2.05. The molecule has 11 heavy (non-hydrogen) atoms. The van der Waals surface area contributed by atoms with E-state index in [1.165, 1.54) is 6.38 Å². The van der Waals surface area contributed by atoms with Crippen molar-refractivity contribution in [3.05, 3.63) is 12.2 Å². The van der Waals surface area contributed by atoms with Crippen molar-refractivity contribution in [2.24, 2.45) is 5.73 Å². The molecule has 0 heterocycles. The number of nitrogens with two attached hydrogens (primary N) is 1. The molecule has 1 atom stereocenters. The minimum Gasteiger partial charge on any atom is -0.444 e. The van der Waals surface area contributed by atoms with Gasteiger partial charge in [0.2, 0.25) is 0 Å². The number of rotatable bonds is 2. The first-order valence-electron chi connectivity index (χ1n) is 3.04. The average molecular weight is 180 g/mol. The largest absolute Gasteiger partial charge is 0.444 e. The Morgan fingerprint density at radius 1 is 1.64 bits per heavy atom. The number of hydrogen-bond donors (Lipinski definition) is 1. The van der Waals surface area contributed by atoms with Gasteiger partial charge < -0.3 is 4.74 Å². The molecule has 0 radical (unpaired) electrons. The molecule has 4 heteroatoms. The number of hydrogen-bond acceptors (Lipinski definition) is 3. The second-order valence-corrected chi connectivity index (χ2v) is 1.89. The molecule has 0 aromatic rings. The van der Waals surface area contributed by atoms with Gasteiger partial charge in [0, 0.05) is 12.0 Å². The van der Waals surface area contributed by atoms with Crippen LogP contribution >= 0.6 is 11.6 Å². The summed E-state index contributed by atoms with van der Waals surface area (Å²) in [4.78, 5) is 10.6. The first-order valence-corrected chi connectivity index (χ1v) is 3.79. The Morgan fingerprint density at radius 2 is 2.00 bits per heavy atom. The monoisotopic (exact) mass is 179 g/mol. The zero-order valence-corrected chi connectivity index (χ0v) is 7.81. The number of carbonyl (C=O) groups is 1. The highest BCUT2D eigenvalue weighted by Gasteiger charge is 2.03. The maximum absolute atomic E-state index is 10.6. The molecule has 3 nitrogen and oxygen atoms in total. The van der Waals surface area contributed by atoms with Crippen LogP contribution in [0.1, 0.15) is 13.8 Å². The van der Waals surface area contributed by atoms with Gasteiger partial charge in [-0.2, -0.15) is 0 Å². The van der Waals surface area contributed by atoms with Crippen LogP contribution in [0.25, 0.3) is 0 Å². The van der Waals surface area contributed by atoms with E-state index < -0.39 is 12.2 Å². The van der Waals surface area contributed by atoms with E-state index in [0.29, 0.717) is 5.57 Å². The van der Waals surface area contributed by atoms with E-state index in [2.05, 4.69) is 22.9 Å². The van der Waals surface area contributed by atoms with Crippen molar-refractivity contribution in [1.82, 2.24) is 0 Å². The quantitative estimate of drug-likeness (QED) is 0.301. The molecule has 0 saturated heterocycles. The van der Waals surface area contributed by atoms with E-state index in [0.717, 1.165) is 0 Å². The van der Waals surface area contributed by atoms with Crippen LogP contribution in [0.5, 0.6) is 0 Å². The van der Waals surface area contributed by atoms with Gasteiger partial charge in [-0.25, -0.2) is 4.79 Å². The molecule has 1 unspecified atom stereocenters. The normalized spacial score (nSPS) is 10.6. The number of ether oxygens (including phenoxy) is 1. The third-order valence-corrected chi connectivity index (χ3v) is 0.641. The fourth-order valence-corrected chi connectivity index (χ4v) is 0.269. The smallest absolute Gasteiger partial charge is 0.334 e. The van der Waals surface area contributed by atoms with Crippen molar-refractivity contribution < 1.29 is 9.53 Å². The molecule has 0 amide bonds. The Hall–Kier alpha value is -0.540. The molecule has 0 aliphatic rings. The lowest BCUT2D eigenvalue weighted by atomic mass is 10.4. The Kier molecular flexibility index (Phi) is 9.00. The molecular formula is C7H14ClNO2. The third-order valence-electron chi connectivity index (χ3n) is 0.641. The van der Waals surface area contributed by atoms with Gasteiger partial charge in [-0.1, -0.05) is 6.58 Å². The molecule has 0 aromatic heterocycles. The summed E-state index contributed by atoms with van der Waals surface area (Å²) in [5.41, 5.74) is 5.51. The molecular weight excluding hydrogens is 166 g/mol. The molecule has 0 spiro atoms. The van der Waals surface area contributed by atoms with E-state index in [1.807, 2.05) is 0 Å². The molecule has 0 rings (SSSR count). The number of esters is 1. The summed E-state index contributed by atoms with van der Waals surface area (Å²) in [5.74, 6) is -0.440. The SMILES string of the molecule is C=C(C)C(=O)OC(C)N.CCl. The molecule has 0 bridgehead atoms. The van der Waals surface area contributed by atoms with Gasteiger partial charge in [0.25, 0.3) is 0 Å². The van der Waals surface area contributed by atoms with Crippen LogP contribution in [-0.4, -0.2) is 18.6 Å². The van der Waals surface area contributed by atoms with Crippen LogP contribution in [0.15, 0.2) is 12.2 Å². The van der Waals surface area contributed by atoms with Gasteiger partial charge in [-0.05, 0) is 13.8 Å². The Balaban J connectivity index is 0. The van der Waals surface area contributed by atoms with Crippen molar-refractivity contribution in [3.63, 3.8) is 0 Å². The fraction of sp³-hybridized carbons (Fsp3) is 0.571. The summed E-state index contributed by atoms with van der Waals surface area (Å²) in [6, 6.07) is 0. The lowest BCUT2D eigenvalue weighted by Crippen LogP contribution is -2.23. The van der Waals surface area contributed by atoms with Crippen LogP contribution in [-0.2, 0) is 9.53 Å². The minimum atomic E-state index is -0.547. The van der Waals surface area contributed by atoms with Gasteiger partial charge in [-0.15, -0.1) is 11.6 Å². The molecule has 2 N–H and O–H groups in total. The standard InChI is InChI=1S/C6H11NO2.CH3Cl/c1-4(2)6(8)9-5(3)7;1-2/h5H,1,7H2,2-3H3;1H3. The van der Waals surface area contributed by atoms with Gasteiger partial charge in [0.05, 0.1) is 0 Å². The number of halogens is 1. The molecule has 0 aromatic carbocycles. The summed E-state index contributed by atoms with van der Waals surface area (Å²) >= 11 is 4.64.